The standard InChI is InChI=1S/C18H18Cl2O4.K/c1-2-4-18-5-3-11(21)7-12(18)15-10(8-18)6-13(16(19)17(15)20)24-9-14(22)23;/h6-7H,2-5,8-9H2,1H3,(H,22,23);. The van der Waals surface area contributed by atoms with Gasteiger partial charge < -0.3 is 9.84 Å². The van der Waals surface area contributed by atoms with Crippen LogP contribution >= 0.6 is 23.2 Å². The zero-order valence-corrected chi connectivity index (χ0v) is 19.0. The molecule has 0 bridgehead atoms. The topological polar surface area (TPSA) is 63.6 Å². The van der Waals surface area contributed by atoms with Gasteiger partial charge in [0.15, 0.2) is 12.4 Å². The van der Waals surface area contributed by atoms with Crippen molar-refractivity contribution in [3.05, 3.63) is 33.3 Å². The van der Waals surface area contributed by atoms with E-state index in [-0.39, 0.29) is 73.4 Å². The van der Waals surface area contributed by atoms with E-state index < -0.39 is 12.6 Å². The van der Waals surface area contributed by atoms with E-state index in [4.69, 9.17) is 33.0 Å². The molecule has 1 aromatic rings. The fraction of sp³-hybridized carbons (Fsp3) is 0.444. The minimum absolute atomic E-state index is 0. The third kappa shape index (κ3) is 4.03. The Bertz CT molecular complexity index is 760. The van der Waals surface area contributed by atoms with Crippen LogP contribution < -0.4 is 4.74 Å². The summed E-state index contributed by atoms with van der Waals surface area (Å²) in [5, 5.41) is 9.33. The number of halogens is 2. The second-order valence-electron chi connectivity index (χ2n) is 6.45. The predicted molar refractivity (Wildman–Crippen MR) is 98.6 cm³/mol. The Morgan fingerprint density at radius 1 is 1.36 bits per heavy atom. The van der Waals surface area contributed by atoms with E-state index in [1.807, 2.05) is 0 Å². The Morgan fingerprint density at radius 3 is 2.72 bits per heavy atom. The Labute approximate surface area is 199 Å². The molecule has 0 heterocycles. The summed E-state index contributed by atoms with van der Waals surface area (Å²) in [6.45, 7) is 1.65. The molecule has 0 saturated carbocycles. The van der Waals surface area contributed by atoms with Gasteiger partial charge in [-0.1, -0.05) is 36.5 Å². The minimum atomic E-state index is -1.08. The molecule has 7 heteroatoms. The van der Waals surface area contributed by atoms with Crippen molar-refractivity contribution < 1.29 is 19.4 Å². The van der Waals surface area contributed by atoms with E-state index in [2.05, 4.69) is 6.92 Å². The summed E-state index contributed by atoms with van der Waals surface area (Å²) in [4.78, 5) is 22.7. The molecular weight excluding hydrogens is 390 g/mol. The number of carboxylic acids is 1. The van der Waals surface area contributed by atoms with Gasteiger partial charge in [-0.25, -0.2) is 4.79 Å². The van der Waals surface area contributed by atoms with Crippen LogP contribution in [0.15, 0.2) is 12.1 Å². The first-order valence-corrected chi connectivity index (χ1v) is 8.74. The first-order chi connectivity index (χ1) is 11.4. The van der Waals surface area contributed by atoms with Crippen LogP contribution in [0.5, 0.6) is 5.75 Å². The van der Waals surface area contributed by atoms with E-state index in [1.165, 1.54) is 0 Å². The molecule has 2 aliphatic carbocycles. The number of allylic oxidation sites excluding steroid dienone is 2. The molecule has 129 valence electrons. The Morgan fingerprint density at radius 2 is 2.08 bits per heavy atom. The smallest absolute Gasteiger partial charge is 0.341 e. The maximum Gasteiger partial charge on any atom is 0.341 e. The number of ketones is 1. The molecule has 0 saturated heterocycles. The molecule has 0 aliphatic heterocycles. The molecule has 4 nitrogen and oxygen atoms in total. The van der Waals surface area contributed by atoms with Gasteiger partial charge >= 0.3 is 5.97 Å². The number of rotatable bonds is 5. The van der Waals surface area contributed by atoms with E-state index in [0.29, 0.717) is 11.4 Å². The SMILES string of the molecule is CCCC12CCC(=O)C=C1c1c(cc(OCC(=O)O)c(Cl)c1Cl)C2.[K]. The number of carboxylic acid groups (broad SMARTS) is 1. The number of fused-ring (bicyclic) bond motifs is 3. The number of hydrogen-bond donors (Lipinski definition) is 1. The van der Waals surface area contributed by atoms with Gasteiger partial charge in [0.05, 0.1) is 5.02 Å². The van der Waals surface area contributed by atoms with Crippen molar-refractivity contribution >= 4 is 91.9 Å². The molecular formula is C18H18Cl2KO4. The van der Waals surface area contributed by atoms with Crippen molar-refractivity contribution in [3.63, 3.8) is 0 Å². The van der Waals surface area contributed by atoms with Crippen molar-refractivity contribution in [2.75, 3.05) is 6.61 Å². The van der Waals surface area contributed by atoms with Gasteiger partial charge in [-0.15, -0.1) is 0 Å². The number of carbonyl (C=O) groups excluding carboxylic acids is 1. The van der Waals surface area contributed by atoms with E-state index >= 15 is 0 Å². The molecule has 0 aromatic heterocycles. The van der Waals surface area contributed by atoms with Crippen molar-refractivity contribution in [1.82, 2.24) is 0 Å². The molecule has 1 atom stereocenters. The minimum Gasteiger partial charge on any atom is -0.480 e. The van der Waals surface area contributed by atoms with Gasteiger partial charge in [-0.3, -0.25) is 4.79 Å². The summed E-state index contributed by atoms with van der Waals surface area (Å²) in [7, 11) is 0. The summed E-state index contributed by atoms with van der Waals surface area (Å²) in [6.07, 6.45) is 5.82. The molecule has 1 N–H and O–H groups in total. The summed E-state index contributed by atoms with van der Waals surface area (Å²) in [5.41, 5.74) is 2.70. The monoisotopic (exact) mass is 407 g/mol. The van der Waals surface area contributed by atoms with Crippen LogP contribution in [0.25, 0.3) is 5.57 Å². The summed E-state index contributed by atoms with van der Waals surface area (Å²) in [5.74, 6) is -0.685. The van der Waals surface area contributed by atoms with Crippen LogP contribution in [0.1, 0.15) is 43.7 Å². The summed E-state index contributed by atoms with van der Waals surface area (Å²) in [6, 6.07) is 1.77. The number of aliphatic carboxylic acids is 1. The van der Waals surface area contributed by atoms with E-state index in [1.54, 1.807) is 12.1 Å². The Hall–Kier alpha value is 0.116. The van der Waals surface area contributed by atoms with Crippen LogP contribution in [-0.2, 0) is 16.0 Å². The fourth-order valence-electron chi connectivity index (χ4n) is 3.92. The fourth-order valence-corrected chi connectivity index (χ4v) is 4.44. The van der Waals surface area contributed by atoms with E-state index in [9.17, 15) is 9.59 Å². The van der Waals surface area contributed by atoms with Crippen LogP contribution in [0, 0.1) is 5.41 Å². The summed E-state index contributed by atoms with van der Waals surface area (Å²) < 4.78 is 5.27. The maximum atomic E-state index is 12.0. The molecule has 1 radical (unpaired) electrons. The molecule has 3 rings (SSSR count). The van der Waals surface area contributed by atoms with Gasteiger partial charge in [0, 0.05) is 68.8 Å². The van der Waals surface area contributed by atoms with Gasteiger partial charge in [0.25, 0.3) is 0 Å². The normalized spacial score (nSPS) is 21.1. The Balaban J connectivity index is 0.00000225. The average molecular weight is 408 g/mol. The maximum absolute atomic E-state index is 12.0. The zero-order chi connectivity index (χ0) is 17.5. The first kappa shape index (κ1) is 21.4. The van der Waals surface area contributed by atoms with Gasteiger partial charge in [0.1, 0.15) is 10.8 Å². The molecule has 0 spiro atoms. The van der Waals surface area contributed by atoms with Crippen LogP contribution in [-0.4, -0.2) is 74.9 Å². The third-order valence-electron chi connectivity index (χ3n) is 4.86. The second-order valence-corrected chi connectivity index (χ2v) is 7.21. The quantitative estimate of drug-likeness (QED) is 0.743. The van der Waals surface area contributed by atoms with Gasteiger partial charge in [-0.05, 0) is 42.5 Å². The van der Waals surface area contributed by atoms with Crippen molar-refractivity contribution in [2.45, 2.75) is 39.0 Å². The molecule has 0 fully saturated rings. The van der Waals surface area contributed by atoms with Crippen LogP contribution in [0.3, 0.4) is 0 Å². The van der Waals surface area contributed by atoms with Crippen molar-refractivity contribution in [2.24, 2.45) is 5.41 Å². The predicted octanol–water partition coefficient (Wildman–Crippen LogP) is 4.16. The number of carbonyl (C=O) groups is 2. The number of benzene rings is 1. The first-order valence-electron chi connectivity index (χ1n) is 7.99. The van der Waals surface area contributed by atoms with E-state index in [0.717, 1.165) is 42.4 Å². The summed E-state index contributed by atoms with van der Waals surface area (Å²) >= 11 is 12.8. The second kappa shape index (κ2) is 8.42. The average Bonchev–Trinajstić information content (AvgIpc) is 2.83. The molecule has 0 amide bonds. The molecule has 1 unspecified atom stereocenters. The molecule has 1 aromatic carbocycles. The largest absolute Gasteiger partial charge is 0.480 e. The van der Waals surface area contributed by atoms with Crippen LogP contribution in [0.4, 0.5) is 0 Å². The van der Waals surface area contributed by atoms with Crippen molar-refractivity contribution in [3.8, 4) is 5.75 Å². The number of ether oxygens (including phenoxy) is 1. The van der Waals surface area contributed by atoms with Gasteiger partial charge in [0.2, 0.25) is 0 Å². The zero-order valence-electron chi connectivity index (χ0n) is 14.3. The van der Waals surface area contributed by atoms with Crippen molar-refractivity contribution in [1.29, 1.82) is 0 Å². The Kier molecular flexibility index (Phi) is 7.22. The van der Waals surface area contributed by atoms with Crippen LogP contribution in [0.2, 0.25) is 10.0 Å². The number of hydrogen-bond acceptors (Lipinski definition) is 3. The van der Waals surface area contributed by atoms with Gasteiger partial charge in [-0.2, -0.15) is 0 Å². The molecule has 25 heavy (non-hydrogen) atoms. The third-order valence-corrected chi connectivity index (χ3v) is 5.71. The molecule has 2 aliphatic rings.